The number of rotatable bonds is 4. The van der Waals surface area contributed by atoms with Crippen LogP contribution in [0, 0.1) is 0 Å². The molecule has 166 valence electrons. The molecule has 3 heteroatoms. The van der Waals surface area contributed by atoms with Crippen LogP contribution in [-0.4, -0.2) is 17.2 Å². The van der Waals surface area contributed by atoms with E-state index in [1.54, 1.807) is 6.26 Å². The molecule has 4 aromatic carbocycles. The van der Waals surface area contributed by atoms with Gasteiger partial charge in [-0.15, -0.1) is 0 Å². The van der Waals surface area contributed by atoms with Crippen LogP contribution in [0.15, 0.2) is 108 Å². The Morgan fingerprint density at radius 3 is 2.40 bits per heavy atom. The van der Waals surface area contributed by atoms with E-state index in [0.29, 0.717) is 0 Å². The van der Waals surface area contributed by atoms with Crippen LogP contribution < -0.4 is 0 Å². The number of aliphatic imine (C=N–C) groups is 1. The molecule has 0 atom stereocenters. The molecule has 3 nitrogen and oxygen atoms in total. The third-order valence-electron chi connectivity index (χ3n) is 7.18. The highest BCUT2D eigenvalue weighted by molar-refractivity contribution is 6.30. The van der Waals surface area contributed by atoms with Gasteiger partial charge in [0.05, 0.1) is 28.5 Å². The number of hydrogen-bond donors (Lipinski definition) is 0. The van der Waals surface area contributed by atoms with Gasteiger partial charge in [-0.25, -0.2) is 0 Å². The molecule has 0 amide bonds. The van der Waals surface area contributed by atoms with Gasteiger partial charge < -0.3 is 8.82 Å². The summed E-state index contributed by atoms with van der Waals surface area (Å²) in [6, 6.07) is 26.0. The highest BCUT2D eigenvalue weighted by atomic mass is 16.3. The smallest absolute Gasteiger partial charge is 0.135 e. The summed E-state index contributed by atoms with van der Waals surface area (Å²) in [5.41, 5.74) is 9.82. The summed E-state index contributed by atoms with van der Waals surface area (Å²) in [4.78, 5) is 4.42. The molecular weight excluding hydrogens is 428 g/mol. The Morgan fingerprint density at radius 2 is 1.63 bits per heavy atom. The Morgan fingerprint density at radius 1 is 0.829 bits per heavy atom. The highest BCUT2D eigenvalue weighted by Gasteiger charge is 2.22. The zero-order chi connectivity index (χ0) is 23.7. The van der Waals surface area contributed by atoms with Gasteiger partial charge in [0.1, 0.15) is 5.58 Å². The van der Waals surface area contributed by atoms with Crippen LogP contribution in [0.5, 0.6) is 0 Å². The number of furan rings is 1. The summed E-state index contributed by atoms with van der Waals surface area (Å²) in [5.74, 6) is 0. The van der Waals surface area contributed by atoms with E-state index < -0.39 is 0 Å². The van der Waals surface area contributed by atoms with Crippen molar-refractivity contribution in [1.82, 2.24) is 4.40 Å². The summed E-state index contributed by atoms with van der Waals surface area (Å²) in [6.07, 6.45) is 5.49. The number of fused-ring (bicyclic) bond motifs is 8. The monoisotopic (exact) mass is 450 g/mol. The average molecular weight is 451 g/mol. The van der Waals surface area contributed by atoms with E-state index in [9.17, 15) is 0 Å². The van der Waals surface area contributed by atoms with E-state index in [2.05, 4.69) is 95.3 Å². The number of allylic oxidation sites excluding steroid dienone is 1. The zero-order valence-corrected chi connectivity index (χ0v) is 19.4. The quantitative estimate of drug-likeness (QED) is 0.247. The summed E-state index contributed by atoms with van der Waals surface area (Å²) in [6.45, 7) is 7.99. The molecule has 0 saturated heterocycles. The van der Waals surface area contributed by atoms with E-state index in [1.807, 2.05) is 19.2 Å². The van der Waals surface area contributed by atoms with Crippen LogP contribution in [0.3, 0.4) is 0 Å². The first-order valence-corrected chi connectivity index (χ1v) is 11.7. The van der Waals surface area contributed by atoms with Crippen molar-refractivity contribution in [3.05, 3.63) is 109 Å². The summed E-state index contributed by atoms with van der Waals surface area (Å²) < 4.78 is 8.30. The molecule has 0 spiro atoms. The largest absolute Gasteiger partial charge is 0.464 e. The zero-order valence-electron chi connectivity index (χ0n) is 19.4. The summed E-state index contributed by atoms with van der Waals surface area (Å²) in [5, 5.41) is 5.98. The van der Waals surface area contributed by atoms with Gasteiger partial charge in [-0.1, -0.05) is 55.6 Å². The third kappa shape index (κ3) is 2.58. The molecule has 0 aliphatic rings. The minimum absolute atomic E-state index is 0.879. The molecule has 0 N–H and O–H groups in total. The van der Waals surface area contributed by atoms with E-state index in [-0.39, 0.29) is 0 Å². The Hall–Kier alpha value is -4.63. The Kier molecular flexibility index (Phi) is 4.06. The maximum Gasteiger partial charge on any atom is 0.135 e. The fraction of sp³-hybridized carbons (Fsp3) is 0.0312. The molecule has 0 unspecified atom stereocenters. The van der Waals surface area contributed by atoms with E-state index >= 15 is 0 Å². The van der Waals surface area contributed by atoms with Crippen molar-refractivity contribution in [1.29, 1.82) is 0 Å². The Bertz CT molecular complexity index is 1980. The standard InChI is InChI=1S/C32H22N2O/c1-4-19-18-35-29-14-13-28-31(30(19)29)25-17-22(20-9-7-6-8-10-20)16-24-23-15-21(26(5-2)33-3)11-12-27(23)34(28)32(24)25/h4-18H,1-2H2,3H3. The molecule has 0 saturated carbocycles. The van der Waals surface area contributed by atoms with Gasteiger partial charge in [0, 0.05) is 45.1 Å². The predicted molar refractivity (Wildman–Crippen MR) is 149 cm³/mol. The Balaban J connectivity index is 1.74. The van der Waals surface area contributed by atoms with Gasteiger partial charge in [-0.05, 0) is 53.6 Å². The first-order chi connectivity index (χ1) is 17.2. The second-order valence-electron chi connectivity index (χ2n) is 8.89. The lowest BCUT2D eigenvalue weighted by molar-refractivity contribution is 0.615. The molecule has 35 heavy (non-hydrogen) atoms. The SMILES string of the molecule is C=CC(=NC)c1ccc2c(c1)c1cc(-c3ccccc3)cc3c4c5c(C=C)coc5ccc4n2c13. The molecular formula is C32H22N2O. The molecule has 0 radical (unpaired) electrons. The molecule has 0 bridgehead atoms. The molecule has 0 aliphatic heterocycles. The van der Waals surface area contributed by atoms with Crippen molar-refractivity contribution >= 4 is 60.9 Å². The lowest BCUT2D eigenvalue weighted by Crippen LogP contribution is -1.95. The van der Waals surface area contributed by atoms with E-state index in [0.717, 1.165) is 27.8 Å². The van der Waals surface area contributed by atoms with Crippen molar-refractivity contribution < 1.29 is 4.42 Å². The van der Waals surface area contributed by atoms with Crippen LogP contribution in [0.1, 0.15) is 11.1 Å². The van der Waals surface area contributed by atoms with Crippen LogP contribution in [-0.2, 0) is 0 Å². The fourth-order valence-electron chi connectivity index (χ4n) is 5.64. The average Bonchev–Trinajstić information content (AvgIpc) is 3.57. The van der Waals surface area contributed by atoms with Crippen molar-refractivity contribution in [3.63, 3.8) is 0 Å². The van der Waals surface area contributed by atoms with Crippen LogP contribution in [0.25, 0.3) is 66.3 Å². The summed E-state index contributed by atoms with van der Waals surface area (Å²) in [7, 11) is 1.81. The highest BCUT2D eigenvalue weighted by Crippen LogP contribution is 2.45. The fourth-order valence-corrected chi connectivity index (χ4v) is 5.64. The van der Waals surface area contributed by atoms with Crippen molar-refractivity contribution in [3.8, 4) is 11.1 Å². The second kappa shape index (κ2) is 7.18. The van der Waals surface area contributed by atoms with Gasteiger partial charge in [-0.3, -0.25) is 4.99 Å². The van der Waals surface area contributed by atoms with Gasteiger partial charge in [-0.2, -0.15) is 0 Å². The number of aromatic nitrogens is 1. The van der Waals surface area contributed by atoms with Crippen LogP contribution in [0.4, 0.5) is 0 Å². The molecule has 3 heterocycles. The number of benzene rings is 4. The minimum Gasteiger partial charge on any atom is -0.464 e. The van der Waals surface area contributed by atoms with Crippen LogP contribution in [0.2, 0.25) is 0 Å². The second-order valence-corrected chi connectivity index (χ2v) is 8.89. The lowest BCUT2D eigenvalue weighted by Gasteiger charge is -2.06. The van der Waals surface area contributed by atoms with Crippen molar-refractivity contribution in [2.24, 2.45) is 4.99 Å². The molecule has 3 aromatic heterocycles. The maximum atomic E-state index is 5.90. The predicted octanol–water partition coefficient (Wildman–Crippen LogP) is 8.50. The molecule has 7 aromatic rings. The summed E-state index contributed by atoms with van der Waals surface area (Å²) >= 11 is 0. The van der Waals surface area contributed by atoms with Gasteiger partial charge in [0.2, 0.25) is 0 Å². The molecule has 7 rings (SSSR count). The Labute approximate surface area is 202 Å². The third-order valence-corrected chi connectivity index (χ3v) is 7.18. The van der Waals surface area contributed by atoms with Crippen LogP contribution >= 0.6 is 0 Å². The maximum absolute atomic E-state index is 5.90. The first-order valence-electron chi connectivity index (χ1n) is 11.7. The van der Waals surface area contributed by atoms with E-state index in [4.69, 9.17) is 4.42 Å². The number of nitrogens with zero attached hydrogens (tertiary/aromatic N) is 2. The van der Waals surface area contributed by atoms with Gasteiger partial charge >= 0.3 is 0 Å². The topological polar surface area (TPSA) is 29.9 Å². The van der Waals surface area contributed by atoms with Crippen molar-refractivity contribution in [2.75, 3.05) is 7.05 Å². The number of hydrogen-bond acceptors (Lipinski definition) is 2. The minimum atomic E-state index is 0.879. The van der Waals surface area contributed by atoms with Gasteiger partial charge in [0.25, 0.3) is 0 Å². The van der Waals surface area contributed by atoms with E-state index in [1.165, 1.54) is 49.2 Å². The van der Waals surface area contributed by atoms with Crippen molar-refractivity contribution in [2.45, 2.75) is 0 Å². The van der Waals surface area contributed by atoms with Gasteiger partial charge in [0.15, 0.2) is 0 Å². The normalized spacial score (nSPS) is 12.5. The molecule has 0 aliphatic carbocycles. The molecule has 0 fully saturated rings. The first kappa shape index (κ1) is 19.8. The lowest BCUT2D eigenvalue weighted by atomic mass is 9.97.